The maximum Gasteiger partial charge on any atom is 0.201 e. The first-order valence-electron chi connectivity index (χ1n) is 5.03. The van der Waals surface area contributed by atoms with Gasteiger partial charge < -0.3 is 4.98 Å². The second-order valence-electron chi connectivity index (χ2n) is 3.62. The molecule has 0 amide bonds. The number of aryl methyl sites for hydroxylation is 2. The van der Waals surface area contributed by atoms with Crippen molar-refractivity contribution < 1.29 is 4.79 Å². The zero-order valence-corrected chi connectivity index (χ0v) is 9.27. The number of aromatic amines is 1. The third-order valence-electron chi connectivity index (χ3n) is 2.33. The van der Waals surface area contributed by atoms with E-state index >= 15 is 0 Å². The lowest BCUT2D eigenvalue weighted by molar-refractivity contribution is 0.104. The van der Waals surface area contributed by atoms with Crippen LogP contribution in [0.3, 0.4) is 0 Å². The number of nitrogens with zero attached hydrogens (tertiary/aromatic N) is 2. The second-order valence-corrected chi connectivity index (χ2v) is 3.62. The summed E-state index contributed by atoms with van der Waals surface area (Å²) in [4.78, 5) is 14.5. The summed E-state index contributed by atoms with van der Waals surface area (Å²) in [6.45, 7) is 1.92. The molecule has 1 N–H and O–H groups in total. The molecule has 0 spiro atoms. The van der Waals surface area contributed by atoms with Crippen molar-refractivity contribution in [1.82, 2.24) is 14.8 Å². The number of hydrogen-bond acceptors (Lipinski definition) is 2. The molecule has 2 aromatic heterocycles. The molecule has 2 aromatic rings. The van der Waals surface area contributed by atoms with Crippen molar-refractivity contribution in [3.05, 3.63) is 47.6 Å². The number of carbonyl (C=O) groups is 1. The highest BCUT2D eigenvalue weighted by Crippen LogP contribution is 2.08. The summed E-state index contributed by atoms with van der Waals surface area (Å²) in [5.74, 6) is -0.0340. The van der Waals surface area contributed by atoms with Gasteiger partial charge in [0, 0.05) is 25.0 Å². The second kappa shape index (κ2) is 4.18. The third kappa shape index (κ3) is 2.11. The largest absolute Gasteiger partial charge is 0.359 e. The van der Waals surface area contributed by atoms with Crippen LogP contribution in [-0.4, -0.2) is 20.5 Å². The van der Waals surface area contributed by atoms with E-state index in [4.69, 9.17) is 0 Å². The van der Waals surface area contributed by atoms with Crippen LogP contribution in [0.2, 0.25) is 0 Å². The predicted octanol–water partition coefficient (Wildman–Crippen LogP) is 1.95. The van der Waals surface area contributed by atoms with Crippen LogP contribution in [0.4, 0.5) is 0 Å². The van der Waals surface area contributed by atoms with Crippen molar-refractivity contribution in [2.75, 3.05) is 0 Å². The van der Waals surface area contributed by atoms with Gasteiger partial charge in [0.15, 0.2) is 0 Å². The topological polar surface area (TPSA) is 50.7 Å². The number of aromatic nitrogens is 3. The first-order chi connectivity index (χ1) is 7.66. The van der Waals surface area contributed by atoms with Crippen LogP contribution in [0.5, 0.6) is 0 Å². The van der Waals surface area contributed by atoms with E-state index in [9.17, 15) is 4.79 Å². The summed E-state index contributed by atoms with van der Waals surface area (Å²) in [7, 11) is 1.86. The molecular formula is C12H13N3O. The van der Waals surface area contributed by atoms with E-state index in [-0.39, 0.29) is 5.78 Å². The van der Waals surface area contributed by atoms with E-state index in [1.165, 1.54) is 0 Å². The van der Waals surface area contributed by atoms with Crippen LogP contribution in [0.1, 0.15) is 21.7 Å². The van der Waals surface area contributed by atoms with Crippen LogP contribution < -0.4 is 0 Å². The van der Waals surface area contributed by atoms with Crippen LogP contribution in [0.15, 0.2) is 30.6 Å². The molecule has 0 atom stereocenters. The molecule has 2 heterocycles. The van der Waals surface area contributed by atoms with Crippen LogP contribution in [0.25, 0.3) is 6.08 Å². The van der Waals surface area contributed by atoms with Gasteiger partial charge in [0.05, 0.1) is 11.4 Å². The number of rotatable bonds is 3. The molecule has 16 heavy (non-hydrogen) atoms. The molecule has 0 saturated heterocycles. The Kier molecular flexibility index (Phi) is 2.72. The molecular weight excluding hydrogens is 202 g/mol. The van der Waals surface area contributed by atoms with Gasteiger partial charge in [-0.1, -0.05) is 0 Å². The fraction of sp³-hybridized carbons (Fsp3) is 0.167. The van der Waals surface area contributed by atoms with Crippen molar-refractivity contribution in [3.63, 3.8) is 0 Å². The Balaban J connectivity index is 2.16. The highest BCUT2D eigenvalue weighted by molar-refractivity contribution is 6.05. The van der Waals surface area contributed by atoms with E-state index in [2.05, 4.69) is 10.1 Å². The Labute approximate surface area is 93.6 Å². The minimum absolute atomic E-state index is 0.0340. The summed E-state index contributed by atoms with van der Waals surface area (Å²) < 4.78 is 1.73. The van der Waals surface area contributed by atoms with E-state index < -0.39 is 0 Å². The zero-order valence-electron chi connectivity index (χ0n) is 9.27. The van der Waals surface area contributed by atoms with E-state index in [1.807, 2.05) is 20.2 Å². The standard InChI is InChI=1S/C12H13N3O/c1-9-10(8-15(2)14-9)5-6-12(16)11-4-3-7-13-11/h3-8,13H,1-2H3. The van der Waals surface area contributed by atoms with Crippen molar-refractivity contribution in [2.24, 2.45) is 7.05 Å². The zero-order chi connectivity index (χ0) is 11.5. The fourth-order valence-electron chi connectivity index (χ4n) is 1.52. The van der Waals surface area contributed by atoms with Gasteiger partial charge in [0.1, 0.15) is 0 Å². The Bertz CT molecular complexity index is 520. The number of carbonyl (C=O) groups excluding carboxylic acids is 1. The Morgan fingerprint density at radius 1 is 1.56 bits per heavy atom. The van der Waals surface area contributed by atoms with Crippen molar-refractivity contribution in [1.29, 1.82) is 0 Å². The molecule has 4 nitrogen and oxygen atoms in total. The van der Waals surface area contributed by atoms with Crippen molar-refractivity contribution in [3.8, 4) is 0 Å². The minimum atomic E-state index is -0.0340. The van der Waals surface area contributed by atoms with E-state index in [0.29, 0.717) is 5.69 Å². The van der Waals surface area contributed by atoms with Gasteiger partial charge in [-0.2, -0.15) is 5.10 Å². The number of hydrogen-bond donors (Lipinski definition) is 1. The first kappa shape index (κ1) is 10.4. The minimum Gasteiger partial charge on any atom is -0.359 e. The van der Waals surface area contributed by atoms with Crippen molar-refractivity contribution >= 4 is 11.9 Å². The van der Waals surface area contributed by atoms with Gasteiger partial charge in [-0.25, -0.2) is 0 Å². The fourth-order valence-corrected chi connectivity index (χ4v) is 1.52. The molecule has 4 heteroatoms. The van der Waals surface area contributed by atoms with Gasteiger partial charge in [0.25, 0.3) is 0 Å². The third-order valence-corrected chi connectivity index (χ3v) is 2.33. The van der Waals surface area contributed by atoms with Crippen molar-refractivity contribution in [2.45, 2.75) is 6.92 Å². The number of nitrogens with one attached hydrogen (secondary N) is 1. The Morgan fingerprint density at radius 2 is 2.38 bits per heavy atom. The highest BCUT2D eigenvalue weighted by Gasteiger charge is 2.03. The summed E-state index contributed by atoms with van der Waals surface area (Å²) in [5, 5.41) is 4.20. The van der Waals surface area contributed by atoms with Gasteiger partial charge >= 0.3 is 0 Å². The van der Waals surface area contributed by atoms with Gasteiger partial charge in [0.2, 0.25) is 5.78 Å². The number of H-pyrrole nitrogens is 1. The molecule has 0 radical (unpaired) electrons. The molecule has 0 aliphatic rings. The number of allylic oxidation sites excluding steroid dienone is 1. The lowest BCUT2D eigenvalue weighted by Crippen LogP contribution is -1.93. The highest BCUT2D eigenvalue weighted by atomic mass is 16.1. The molecule has 0 bridgehead atoms. The lowest BCUT2D eigenvalue weighted by atomic mass is 10.2. The van der Waals surface area contributed by atoms with Crippen LogP contribution in [0, 0.1) is 6.92 Å². The Morgan fingerprint density at radius 3 is 2.94 bits per heavy atom. The molecule has 0 aliphatic carbocycles. The SMILES string of the molecule is Cc1nn(C)cc1C=CC(=O)c1ccc[nH]1. The van der Waals surface area contributed by atoms with E-state index in [0.717, 1.165) is 11.3 Å². The normalized spacial score (nSPS) is 11.1. The molecule has 0 aliphatic heterocycles. The molecule has 0 fully saturated rings. The monoisotopic (exact) mass is 215 g/mol. The van der Waals surface area contributed by atoms with Crippen LogP contribution >= 0.6 is 0 Å². The summed E-state index contributed by atoms with van der Waals surface area (Å²) >= 11 is 0. The quantitative estimate of drug-likeness (QED) is 0.628. The van der Waals surface area contributed by atoms with Gasteiger partial charge in [-0.05, 0) is 31.2 Å². The first-order valence-corrected chi connectivity index (χ1v) is 5.03. The van der Waals surface area contributed by atoms with E-state index in [1.54, 1.807) is 35.2 Å². The summed E-state index contributed by atoms with van der Waals surface area (Å²) in [6.07, 6.45) is 6.95. The molecule has 0 unspecified atom stereocenters. The lowest BCUT2D eigenvalue weighted by Gasteiger charge is -1.89. The number of ketones is 1. The molecule has 2 rings (SSSR count). The predicted molar refractivity (Wildman–Crippen MR) is 62.1 cm³/mol. The summed E-state index contributed by atoms with van der Waals surface area (Å²) in [5.41, 5.74) is 2.47. The molecule has 0 aromatic carbocycles. The maximum atomic E-state index is 11.7. The molecule has 82 valence electrons. The van der Waals surface area contributed by atoms with Crippen LogP contribution in [-0.2, 0) is 7.05 Å². The average Bonchev–Trinajstić information content (AvgIpc) is 2.84. The maximum absolute atomic E-state index is 11.7. The smallest absolute Gasteiger partial charge is 0.201 e. The summed E-state index contributed by atoms with van der Waals surface area (Å²) in [6, 6.07) is 3.55. The van der Waals surface area contributed by atoms with Gasteiger partial charge in [-0.3, -0.25) is 9.48 Å². The Hall–Kier alpha value is -2.10. The molecule has 0 saturated carbocycles. The van der Waals surface area contributed by atoms with Gasteiger partial charge in [-0.15, -0.1) is 0 Å². The average molecular weight is 215 g/mol.